The van der Waals surface area contributed by atoms with Crippen LogP contribution in [0.4, 0.5) is 52.7 Å². The van der Waals surface area contributed by atoms with Crippen LogP contribution >= 0.6 is 7.82 Å². The lowest BCUT2D eigenvalue weighted by Gasteiger charge is -2.15. The predicted molar refractivity (Wildman–Crippen MR) is 183 cm³/mol. The summed E-state index contributed by atoms with van der Waals surface area (Å²) in [6.07, 6.45) is -19.4. The fourth-order valence-electron chi connectivity index (χ4n) is 5.09. The number of phosphoric acid groups is 1. The minimum atomic E-state index is -4.70. The second-order valence-corrected chi connectivity index (χ2v) is 13.9. The Morgan fingerprint density at radius 1 is 0.550 bits per heavy atom. The molecule has 0 amide bonds. The number of hydrogen-bond acceptors (Lipinski definition) is 8. The van der Waals surface area contributed by atoms with Crippen LogP contribution in [-0.2, 0) is 83.8 Å². The highest BCUT2D eigenvalue weighted by Gasteiger charge is 2.38. The summed E-state index contributed by atoms with van der Waals surface area (Å²) in [5.41, 5.74) is -3.48. The number of halogens is 12. The minimum Gasteiger partial charge on any atom is -0.485 e. The van der Waals surface area contributed by atoms with E-state index in [1.807, 2.05) is 0 Å². The van der Waals surface area contributed by atoms with Crippen molar-refractivity contribution in [1.29, 1.82) is 0 Å². The highest BCUT2D eigenvalue weighted by molar-refractivity contribution is 7.47. The van der Waals surface area contributed by atoms with Crippen molar-refractivity contribution >= 4 is 13.8 Å². The summed E-state index contributed by atoms with van der Waals surface area (Å²) in [7, 11) is -4.70. The fraction of sp³-hybridized carbons (Fsp3) is 0.289. The number of esters is 1. The quantitative estimate of drug-likeness (QED) is 0.0724. The number of ether oxygens (including phenoxy) is 3. The molecule has 326 valence electrons. The number of phosphoric ester groups is 1. The first-order valence-corrected chi connectivity index (χ1v) is 18.4. The first-order chi connectivity index (χ1) is 27.9. The second kappa shape index (κ2) is 19.5. The highest BCUT2D eigenvalue weighted by Crippen LogP contribution is 2.45. The summed E-state index contributed by atoms with van der Waals surface area (Å²) in [5, 5.41) is 9.20. The number of rotatable bonds is 14. The molecule has 2 N–H and O–H groups in total. The maximum atomic E-state index is 12.9. The zero-order valence-corrected chi connectivity index (χ0v) is 31.2. The summed E-state index contributed by atoms with van der Waals surface area (Å²) in [4.78, 5) is 21.8. The van der Waals surface area contributed by atoms with Gasteiger partial charge in [0.1, 0.15) is 13.2 Å². The molecule has 0 saturated carbocycles. The molecular weight excluding hydrogens is 859 g/mol. The number of carbonyl (C=O) groups excluding carboxylic acids is 1. The van der Waals surface area contributed by atoms with E-state index in [4.69, 9.17) is 14.2 Å². The Labute approximate surface area is 332 Å². The van der Waals surface area contributed by atoms with Gasteiger partial charge in [0, 0.05) is 13.0 Å². The number of aliphatic hydroxyl groups is 1. The maximum absolute atomic E-state index is 12.9. The lowest BCUT2D eigenvalue weighted by atomic mass is 10.1. The Morgan fingerprint density at radius 2 is 0.883 bits per heavy atom. The van der Waals surface area contributed by atoms with E-state index in [9.17, 15) is 72.0 Å². The Kier molecular flexibility index (Phi) is 15.5. The molecule has 5 rings (SSSR count). The van der Waals surface area contributed by atoms with Crippen molar-refractivity contribution in [2.45, 2.75) is 63.7 Å². The molecule has 4 aromatic rings. The molecule has 1 heterocycles. The number of cyclic esters (lactones) is 1. The first kappa shape index (κ1) is 47.6. The highest BCUT2D eigenvalue weighted by atomic mass is 31.2. The fourth-order valence-corrected chi connectivity index (χ4v) is 5.79. The van der Waals surface area contributed by atoms with E-state index >= 15 is 0 Å². The molecule has 9 nitrogen and oxygen atoms in total. The van der Waals surface area contributed by atoms with Gasteiger partial charge in [-0.3, -0.25) is 9.05 Å². The normalized spacial score (nSPS) is 15.0. The number of hydrogen-bond donors (Lipinski definition) is 2. The molecule has 0 aliphatic carbocycles. The topological polar surface area (TPSA) is 121 Å². The summed E-state index contributed by atoms with van der Waals surface area (Å²) in [5.74, 6) is -1.53. The van der Waals surface area contributed by atoms with Crippen LogP contribution in [0.1, 0.15) is 50.9 Å². The van der Waals surface area contributed by atoms with E-state index in [1.165, 1.54) is 36.4 Å². The van der Waals surface area contributed by atoms with Crippen molar-refractivity contribution in [3.05, 3.63) is 153 Å². The van der Waals surface area contributed by atoms with Gasteiger partial charge in [-0.25, -0.2) is 9.36 Å². The third-order valence-electron chi connectivity index (χ3n) is 7.93. The molecule has 0 fully saturated rings. The molecule has 0 saturated heterocycles. The second-order valence-electron chi connectivity index (χ2n) is 12.5. The molecule has 0 spiro atoms. The van der Waals surface area contributed by atoms with Gasteiger partial charge < -0.3 is 24.2 Å². The maximum Gasteiger partial charge on any atom is 0.472 e. The average molecular weight is 891 g/mol. The molecule has 22 heteroatoms. The Bertz CT molecular complexity index is 2100. The monoisotopic (exact) mass is 890 g/mol. The van der Waals surface area contributed by atoms with Gasteiger partial charge in [0.2, 0.25) is 5.76 Å². The van der Waals surface area contributed by atoms with Gasteiger partial charge in [0.05, 0.1) is 35.5 Å². The average Bonchev–Trinajstić information content (AvgIpc) is 3.47. The molecule has 1 aliphatic rings. The smallest absolute Gasteiger partial charge is 0.472 e. The van der Waals surface area contributed by atoms with Crippen molar-refractivity contribution in [1.82, 2.24) is 0 Å². The van der Waals surface area contributed by atoms with Gasteiger partial charge >= 0.3 is 38.5 Å². The number of alkyl halides is 12. The Morgan fingerprint density at radius 3 is 1.22 bits per heavy atom. The summed E-state index contributed by atoms with van der Waals surface area (Å²) in [6, 6.07) is 16.5. The lowest BCUT2D eigenvalue weighted by Crippen LogP contribution is -2.15. The molecule has 1 atom stereocenters. The van der Waals surface area contributed by atoms with Gasteiger partial charge in [0.15, 0.2) is 11.9 Å². The van der Waals surface area contributed by atoms with Crippen LogP contribution in [0.15, 0.2) is 109 Å². The molecule has 4 aromatic carbocycles. The molecule has 0 radical (unpaired) electrons. The van der Waals surface area contributed by atoms with Crippen LogP contribution in [0.3, 0.4) is 0 Å². The van der Waals surface area contributed by atoms with E-state index in [0.717, 1.165) is 60.7 Å². The summed E-state index contributed by atoms with van der Waals surface area (Å²) >= 11 is 0. The third-order valence-corrected chi connectivity index (χ3v) is 8.84. The van der Waals surface area contributed by atoms with Crippen LogP contribution in [0, 0.1) is 0 Å². The largest absolute Gasteiger partial charge is 0.485 e. The van der Waals surface area contributed by atoms with Crippen LogP contribution < -0.4 is 0 Å². The third kappa shape index (κ3) is 14.3. The van der Waals surface area contributed by atoms with Gasteiger partial charge in [-0.2, -0.15) is 52.7 Å². The van der Waals surface area contributed by atoms with Crippen LogP contribution in [-0.4, -0.2) is 28.7 Å². The molecule has 1 aliphatic heterocycles. The van der Waals surface area contributed by atoms with Crippen molar-refractivity contribution < 1.29 is 95.3 Å². The standard InChI is InChI=1S/C22H18F6O5.C16H13F6O4P/c23-21(24,25)15-5-1-3-13(9-15)11-31-18-17(7-8-29)33-20(30)19(18)32-12-14-4-2-6-16(10-14)22(26,27)28;17-15(18,19)13-5-1-3-11(7-13)9-25-27(23,24)26-10-12-4-2-6-14(8-12)16(20,21)22/h1-6,9-10,17,29H,7-8,11-12H2;1-8H,9-10H2,(H,23,24). The Hall–Kier alpha value is -5.08. The van der Waals surface area contributed by atoms with Gasteiger partial charge in [0.25, 0.3) is 0 Å². The number of benzene rings is 4. The first-order valence-electron chi connectivity index (χ1n) is 16.9. The van der Waals surface area contributed by atoms with Crippen molar-refractivity contribution in [3.63, 3.8) is 0 Å². The van der Waals surface area contributed by atoms with Crippen LogP contribution in [0.25, 0.3) is 0 Å². The van der Waals surface area contributed by atoms with Crippen LogP contribution in [0.2, 0.25) is 0 Å². The molecule has 1 unspecified atom stereocenters. The van der Waals surface area contributed by atoms with Gasteiger partial charge in [-0.15, -0.1) is 0 Å². The lowest BCUT2D eigenvalue weighted by molar-refractivity contribution is -0.144. The van der Waals surface area contributed by atoms with E-state index in [-0.39, 0.29) is 41.0 Å². The molecule has 0 aromatic heterocycles. The Balaban J connectivity index is 0.000000270. The summed E-state index contributed by atoms with van der Waals surface area (Å²) < 4.78 is 190. The van der Waals surface area contributed by atoms with Crippen molar-refractivity contribution in [2.75, 3.05) is 6.61 Å². The SMILES string of the molecule is O=C1OC(CCO)C(OCc2cccc(C(F)(F)F)c2)=C1OCc1cccc(C(F)(F)F)c1.O=P(O)(OCc1cccc(C(F)(F)F)c1)OCc1cccc(C(F)(F)F)c1. The van der Waals surface area contributed by atoms with E-state index in [0.29, 0.717) is 0 Å². The van der Waals surface area contributed by atoms with E-state index in [2.05, 4.69) is 9.05 Å². The number of aliphatic hydroxyl groups excluding tert-OH is 1. The van der Waals surface area contributed by atoms with Crippen LogP contribution in [0.5, 0.6) is 0 Å². The minimum absolute atomic E-state index is 0.0261. The number of carbonyl (C=O) groups is 1. The van der Waals surface area contributed by atoms with Gasteiger partial charge in [-0.05, 0) is 70.8 Å². The van der Waals surface area contributed by atoms with E-state index < -0.39 is 99.0 Å². The predicted octanol–water partition coefficient (Wildman–Crippen LogP) is 10.5. The molecule has 60 heavy (non-hydrogen) atoms. The van der Waals surface area contributed by atoms with E-state index in [1.54, 1.807) is 0 Å². The summed E-state index contributed by atoms with van der Waals surface area (Å²) in [6.45, 7) is -2.49. The van der Waals surface area contributed by atoms with Crippen molar-refractivity contribution in [3.8, 4) is 0 Å². The van der Waals surface area contributed by atoms with Gasteiger partial charge in [-0.1, -0.05) is 48.5 Å². The zero-order chi connectivity index (χ0) is 44.5. The molecular formula is C38H31F12O9P. The zero-order valence-electron chi connectivity index (χ0n) is 30.3. The van der Waals surface area contributed by atoms with Crippen molar-refractivity contribution in [2.24, 2.45) is 0 Å². The molecule has 0 bridgehead atoms.